The number of aryl methyl sites for hydroxylation is 2. The van der Waals surface area contributed by atoms with Gasteiger partial charge < -0.3 is 14.7 Å². The van der Waals surface area contributed by atoms with Crippen LogP contribution in [0.2, 0.25) is 0 Å². The van der Waals surface area contributed by atoms with E-state index in [-0.39, 0.29) is 6.61 Å². The molecule has 96 valence electrons. The Morgan fingerprint density at radius 1 is 1.53 bits per heavy atom. The molecule has 1 saturated carbocycles. The molecule has 0 saturated heterocycles. The van der Waals surface area contributed by atoms with E-state index in [0.29, 0.717) is 12.6 Å². The van der Waals surface area contributed by atoms with Crippen molar-refractivity contribution in [3.63, 3.8) is 0 Å². The van der Waals surface area contributed by atoms with Gasteiger partial charge in [-0.2, -0.15) is 5.10 Å². The Kier molecular flexibility index (Phi) is 3.69. The summed E-state index contributed by atoms with van der Waals surface area (Å²) in [6, 6.07) is 0.588. The molecule has 1 heterocycles. The maximum atomic E-state index is 9.48. The molecule has 1 N–H and O–H groups in total. The molecular weight excluding hydrogens is 218 g/mol. The molecular formula is C12H21N3O2. The molecule has 5 heteroatoms. The maximum Gasteiger partial charge on any atom is 0.132 e. The highest BCUT2D eigenvalue weighted by atomic mass is 16.5. The minimum absolute atomic E-state index is 0.0468. The van der Waals surface area contributed by atoms with E-state index in [1.807, 2.05) is 18.7 Å². The highest BCUT2D eigenvalue weighted by Gasteiger charge is 2.32. The van der Waals surface area contributed by atoms with Gasteiger partial charge in [0.2, 0.25) is 0 Å². The van der Waals surface area contributed by atoms with E-state index in [1.165, 1.54) is 12.8 Å². The Morgan fingerprint density at radius 3 is 2.76 bits per heavy atom. The molecule has 0 atom stereocenters. The van der Waals surface area contributed by atoms with Gasteiger partial charge in [0.1, 0.15) is 5.82 Å². The van der Waals surface area contributed by atoms with Crippen molar-refractivity contribution in [2.45, 2.75) is 32.4 Å². The van der Waals surface area contributed by atoms with Crippen molar-refractivity contribution >= 4 is 5.82 Å². The summed E-state index contributed by atoms with van der Waals surface area (Å²) in [7, 11) is 3.65. The predicted molar refractivity (Wildman–Crippen MR) is 66.1 cm³/mol. The van der Waals surface area contributed by atoms with Crippen LogP contribution in [0.15, 0.2) is 0 Å². The van der Waals surface area contributed by atoms with Gasteiger partial charge in [-0.25, -0.2) is 0 Å². The van der Waals surface area contributed by atoms with Gasteiger partial charge in [-0.15, -0.1) is 0 Å². The van der Waals surface area contributed by atoms with Crippen LogP contribution in [-0.4, -0.2) is 41.2 Å². The fourth-order valence-electron chi connectivity index (χ4n) is 2.27. The van der Waals surface area contributed by atoms with Crippen molar-refractivity contribution in [3.05, 3.63) is 11.3 Å². The molecule has 1 fully saturated rings. The molecule has 0 bridgehead atoms. The zero-order valence-electron chi connectivity index (χ0n) is 10.8. The smallest absolute Gasteiger partial charge is 0.132 e. The highest BCUT2D eigenvalue weighted by molar-refractivity contribution is 5.51. The summed E-state index contributed by atoms with van der Waals surface area (Å²) in [5, 5.41) is 13.9. The van der Waals surface area contributed by atoms with Crippen LogP contribution in [0.25, 0.3) is 0 Å². The molecule has 17 heavy (non-hydrogen) atoms. The second-order valence-electron chi connectivity index (χ2n) is 4.59. The molecule has 0 aliphatic heterocycles. The number of hydrogen-bond donors (Lipinski definition) is 1. The Labute approximate surface area is 102 Å². The zero-order chi connectivity index (χ0) is 12.4. The summed E-state index contributed by atoms with van der Waals surface area (Å²) in [6.07, 6.45) is 2.44. The van der Waals surface area contributed by atoms with Crippen LogP contribution < -0.4 is 4.90 Å². The monoisotopic (exact) mass is 239 g/mol. The lowest BCUT2D eigenvalue weighted by molar-refractivity contribution is 0.204. The van der Waals surface area contributed by atoms with Crippen molar-refractivity contribution in [1.82, 2.24) is 9.78 Å². The second-order valence-corrected chi connectivity index (χ2v) is 4.59. The van der Waals surface area contributed by atoms with Gasteiger partial charge in [-0.05, 0) is 19.8 Å². The summed E-state index contributed by atoms with van der Waals surface area (Å²) < 4.78 is 7.03. The van der Waals surface area contributed by atoms with Gasteiger partial charge in [-0.1, -0.05) is 0 Å². The summed E-state index contributed by atoms with van der Waals surface area (Å²) >= 11 is 0. The van der Waals surface area contributed by atoms with Crippen molar-refractivity contribution < 1.29 is 9.84 Å². The van der Waals surface area contributed by atoms with Crippen LogP contribution in [0.5, 0.6) is 0 Å². The van der Waals surface area contributed by atoms with Crippen LogP contribution >= 0.6 is 0 Å². The van der Waals surface area contributed by atoms with Gasteiger partial charge in [0.05, 0.1) is 18.9 Å². The van der Waals surface area contributed by atoms with Crippen LogP contribution in [0, 0.1) is 6.92 Å². The van der Waals surface area contributed by atoms with E-state index in [9.17, 15) is 5.11 Å². The second kappa shape index (κ2) is 5.06. The first-order valence-corrected chi connectivity index (χ1v) is 6.08. The van der Waals surface area contributed by atoms with Gasteiger partial charge in [0, 0.05) is 32.3 Å². The number of nitrogens with zero attached hydrogens (tertiary/aromatic N) is 3. The van der Waals surface area contributed by atoms with Gasteiger partial charge >= 0.3 is 0 Å². The van der Waals surface area contributed by atoms with Crippen LogP contribution in [0.3, 0.4) is 0 Å². The standard InChI is InChI=1S/C12H21N3O2/c1-9-11(8-16)12(14(2)13-9)15(6-7-17-3)10-4-5-10/h10,16H,4-8H2,1-3H3. The molecule has 0 radical (unpaired) electrons. The van der Waals surface area contributed by atoms with Gasteiger partial charge in [-0.3, -0.25) is 4.68 Å². The van der Waals surface area contributed by atoms with Crippen molar-refractivity contribution in [2.24, 2.45) is 7.05 Å². The Balaban J connectivity index is 2.27. The largest absolute Gasteiger partial charge is 0.391 e. The van der Waals surface area contributed by atoms with Crippen molar-refractivity contribution in [2.75, 3.05) is 25.2 Å². The van der Waals surface area contributed by atoms with E-state index < -0.39 is 0 Å². The lowest BCUT2D eigenvalue weighted by atomic mass is 10.2. The normalized spacial score (nSPS) is 15.3. The van der Waals surface area contributed by atoms with Crippen LogP contribution in [0.4, 0.5) is 5.82 Å². The third-order valence-corrected chi connectivity index (χ3v) is 3.27. The number of aromatic nitrogens is 2. The molecule has 1 aliphatic rings. The van der Waals surface area contributed by atoms with E-state index in [4.69, 9.17) is 4.74 Å². The minimum atomic E-state index is 0.0468. The number of methoxy groups -OCH3 is 1. The van der Waals surface area contributed by atoms with Crippen molar-refractivity contribution in [3.8, 4) is 0 Å². The minimum Gasteiger partial charge on any atom is -0.391 e. The SMILES string of the molecule is COCCN(c1c(CO)c(C)nn1C)C1CC1. The summed E-state index contributed by atoms with van der Waals surface area (Å²) in [5.74, 6) is 1.05. The van der Waals surface area contributed by atoms with Gasteiger partial charge in [0.25, 0.3) is 0 Å². The zero-order valence-corrected chi connectivity index (χ0v) is 10.8. The van der Waals surface area contributed by atoms with Crippen LogP contribution in [0.1, 0.15) is 24.1 Å². The first-order valence-electron chi connectivity index (χ1n) is 6.08. The Morgan fingerprint density at radius 2 is 2.24 bits per heavy atom. The predicted octanol–water partition coefficient (Wildman–Crippen LogP) is 0.836. The first kappa shape index (κ1) is 12.4. The summed E-state index contributed by atoms with van der Waals surface area (Å²) in [6.45, 7) is 3.54. The molecule has 1 aromatic rings. The topological polar surface area (TPSA) is 50.5 Å². The van der Waals surface area contributed by atoms with Gasteiger partial charge in [0.15, 0.2) is 0 Å². The number of rotatable bonds is 6. The molecule has 1 aromatic heterocycles. The molecule has 0 spiro atoms. The molecule has 5 nitrogen and oxygen atoms in total. The third kappa shape index (κ3) is 2.45. The molecule has 0 unspecified atom stereocenters. The van der Waals surface area contributed by atoms with E-state index in [2.05, 4.69) is 10.00 Å². The van der Waals surface area contributed by atoms with Crippen molar-refractivity contribution in [1.29, 1.82) is 0 Å². The average Bonchev–Trinajstić information content (AvgIpc) is 3.07. The molecule has 1 aliphatic carbocycles. The number of hydrogen-bond acceptors (Lipinski definition) is 4. The first-order chi connectivity index (χ1) is 8.19. The number of ether oxygens (including phenoxy) is 1. The summed E-state index contributed by atoms with van der Waals surface area (Å²) in [5.41, 5.74) is 1.85. The lowest BCUT2D eigenvalue weighted by Gasteiger charge is -2.25. The lowest BCUT2D eigenvalue weighted by Crippen LogP contribution is -2.32. The quantitative estimate of drug-likeness (QED) is 0.799. The fraction of sp³-hybridized carbons (Fsp3) is 0.750. The molecule has 0 aromatic carbocycles. The highest BCUT2D eigenvalue weighted by Crippen LogP contribution is 2.34. The van der Waals surface area contributed by atoms with E-state index in [1.54, 1.807) is 7.11 Å². The Bertz CT molecular complexity index is 385. The number of anilines is 1. The van der Waals surface area contributed by atoms with Crippen LogP contribution in [-0.2, 0) is 18.4 Å². The molecule has 0 amide bonds. The molecule has 2 rings (SSSR count). The summed E-state index contributed by atoms with van der Waals surface area (Å²) in [4.78, 5) is 2.31. The van der Waals surface area contributed by atoms with E-state index >= 15 is 0 Å². The average molecular weight is 239 g/mol. The van der Waals surface area contributed by atoms with E-state index in [0.717, 1.165) is 23.6 Å². The Hall–Kier alpha value is -1.07. The number of aliphatic hydroxyl groups is 1. The fourth-order valence-corrected chi connectivity index (χ4v) is 2.27. The maximum absolute atomic E-state index is 9.48. The third-order valence-electron chi connectivity index (χ3n) is 3.27. The number of aliphatic hydroxyl groups excluding tert-OH is 1.